The lowest BCUT2D eigenvalue weighted by Gasteiger charge is -2.08. The van der Waals surface area contributed by atoms with Gasteiger partial charge in [-0.25, -0.2) is 4.39 Å². The molecular weight excluding hydrogens is 279 g/mol. The van der Waals surface area contributed by atoms with Gasteiger partial charge in [-0.15, -0.1) is 0 Å². The minimum absolute atomic E-state index is 0.0891. The van der Waals surface area contributed by atoms with Crippen LogP contribution in [-0.2, 0) is 0 Å². The van der Waals surface area contributed by atoms with Gasteiger partial charge >= 0.3 is 0 Å². The minimum atomic E-state index is -0.357. The average Bonchev–Trinajstić information content (AvgIpc) is 2.43. The van der Waals surface area contributed by atoms with Gasteiger partial charge in [0.2, 0.25) is 0 Å². The number of carbonyl (C=O) groups excluding carboxylic acids is 1. The van der Waals surface area contributed by atoms with E-state index in [1.54, 1.807) is 6.07 Å². The summed E-state index contributed by atoms with van der Waals surface area (Å²) in [5, 5.41) is 0.518. The Morgan fingerprint density at radius 1 is 1.20 bits per heavy atom. The topological polar surface area (TPSA) is 26.3 Å². The van der Waals surface area contributed by atoms with E-state index in [0.717, 1.165) is 5.56 Å². The fraction of sp³-hybridized carbons (Fsp3) is 0.188. The molecule has 2 aromatic carbocycles. The fourth-order valence-corrected chi connectivity index (χ4v) is 1.93. The van der Waals surface area contributed by atoms with Gasteiger partial charge in [0, 0.05) is 12.0 Å². The number of hydrogen-bond acceptors (Lipinski definition) is 2. The zero-order chi connectivity index (χ0) is 14.5. The first-order chi connectivity index (χ1) is 9.56. The van der Waals surface area contributed by atoms with Crippen LogP contribution in [0.2, 0.25) is 5.02 Å². The normalized spacial score (nSPS) is 10.3. The number of Topliss-reactive ketones (excluding diaryl/α,β-unsaturated/α-hetero) is 1. The average molecular weight is 293 g/mol. The SMILES string of the molecule is Cc1ccc(Cl)c(OCCC(=O)c2ccc(F)cc2)c1. The van der Waals surface area contributed by atoms with Crippen molar-refractivity contribution in [2.24, 2.45) is 0 Å². The van der Waals surface area contributed by atoms with Crippen LogP contribution in [0.15, 0.2) is 42.5 Å². The maximum Gasteiger partial charge on any atom is 0.166 e. The molecule has 0 fully saturated rings. The highest BCUT2D eigenvalue weighted by atomic mass is 35.5. The summed E-state index contributed by atoms with van der Waals surface area (Å²) in [6.07, 6.45) is 0.218. The van der Waals surface area contributed by atoms with Crippen molar-refractivity contribution in [2.45, 2.75) is 13.3 Å². The van der Waals surface area contributed by atoms with Crippen molar-refractivity contribution < 1.29 is 13.9 Å². The van der Waals surface area contributed by atoms with Crippen LogP contribution in [0.1, 0.15) is 22.3 Å². The van der Waals surface area contributed by atoms with Gasteiger partial charge in [0.1, 0.15) is 11.6 Å². The molecule has 0 bridgehead atoms. The van der Waals surface area contributed by atoms with Crippen LogP contribution in [0.4, 0.5) is 4.39 Å². The van der Waals surface area contributed by atoms with Gasteiger partial charge in [0.05, 0.1) is 11.6 Å². The lowest BCUT2D eigenvalue weighted by atomic mass is 10.1. The predicted molar refractivity (Wildman–Crippen MR) is 77.0 cm³/mol. The number of hydrogen-bond donors (Lipinski definition) is 0. The molecule has 0 amide bonds. The minimum Gasteiger partial charge on any atom is -0.492 e. The Labute approximate surface area is 122 Å². The molecule has 2 rings (SSSR count). The highest BCUT2D eigenvalue weighted by Gasteiger charge is 2.07. The summed E-state index contributed by atoms with van der Waals surface area (Å²) in [6, 6.07) is 10.9. The van der Waals surface area contributed by atoms with Crippen LogP contribution < -0.4 is 4.74 Å². The fourth-order valence-electron chi connectivity index (χ4n) is 1.75. The molecule has 0 atom stereocenters. The quantitative estimate of drug-likeness (QED) is 0.762. The molecule has 0 aliphatic heterocycles. The van der Waals surface area contributed by atoms with Crippen LogP contribution in [0.5, 0.6) is 5.75 Å². The lowest BCUT2D eigenvalue weighted by molar-refractivity contribution is 0.0962. The highest BCUT2D eigenvalue weighted by molar-refractivity contribution is 6.32. The number of aryl methyl sites for hydroxylation is 1. The Bertz CT molecular complexity index is 608. The van der Waals surface area contributed by atoms with E-state index in [-0.39, 0.29) is 24.6 Å². The van der Waals surface area contributed by atoms with E-state index in [9.17, 15) is 9.18 Å². The Hall–Kier alpha value is -1.87. The van der Waals surface area contributed by atoms with Gasteiger partial charge in [-0.2, -0.15) is 0 Å². The van der Waals surface area contributed by atoms with E-state index in [4.69, 9.17) is 16.3 Å². The number of ketones is 1. The molecule has 2 aromatic rings. The second-order valence-electron chi connectivity index (χ2n) is 4.46. The Morgan fingerprint density at radius 3 is 2.60 bits per heavy atom. The van der Waals surface area contributed by atoms with Crippen molar-refractivity contribution in [3.63, 3.8) is 0 Å². The van der Waals surface area contributed by atoms with E-state index in [1.807, 2.05) is 19.1 Å². The molecule has 0 aromatic heterocycles. The molecular formula is C16H14ClFO2. The van der Waals surface area contributed by atoms with Crippen LogP contribution in [-0.4, -0.2) is 12.4 Å². The summed E-state index contributed by atoms with van der Waals surface area (Å²) in [5.74, 6) is 0.122. The highest BCUT2D eigenvalue weighted by Crippen LogP contribution is 2.25. The lowest BCUT2D eigenvalue weighted by Crippen LogP contribution is -2.07. The molecule has 0 unspecified atom stereocenters. The monoisotopic (exact) mass is 292 g/mol. The summed E-state index contributed by atoms with van der Waals surface area (Å²) in [5.41, 5.74) is 1.51. The molecule has 0 saturated carbocycles. The Balaban J connectivity index is 1.91. The summed E-state index contributed by atoms with van der Waals surface area (Å²) in [4.78, 5) is 11.9. The number of carbonyl (C=O) groups is 1. The molecule has 0 aliphatic carbocycles. The number of benzene rings is 2. The second-order valence-corrected chi connectivity index (χ2v) is 4.87. The number of rotatable bonds is 5. The Kier molecular flexibility index (Phi) is 4.74. The molecule has 0 N–H and O–H groups in total. The first-order valence-corrected chi connectivity index (χ1v) is 6.62. The van der Waals surface area contributed by atoms with Gasteiger partial charge in [0.25, 0.3) is 0 Å². The third-order valence-electron chi connectivity index (χ3n) is 2.84. The van der Waals surface area contributed by atoms with Gasteiger partial charge in [0.15, 0.2) is 5.78 Å². The van der Waals surface area contributed by atoms with Crippen molar-refractivity contribution in [2.75, 3.05) is 6.61 Å². The number of ether oxygens (including phenoxy) is 1. The smallest absolute Gasteiger partial charge is 0.166 e. The first-order valence-electron chi connectivity index (χ1n) is 6.24. The standard InChI is InChI=1S/C16H14ClFO2/c1-11-2-7-14(17)16(10-11)20-9-8-15(19)12-3-5-13(18)6-4-12/h2-7,10H,8-9H2,1H3. The molecule has 0 aliphatic rings. The molecule has 0 radical (unpaired) electrons. The van der Waals surface area contributed by atoms with E-state index in [0.29, 0.717) is 16.3 Å². The van der Waals surface area contributed by atoms with Crippen LogP contribution in [0.3, 0.4) is 0 Å². The zero-order valence-electron chi connectivity index (χ0n) is 11.0. The van der Waals surface area contributed by atoms with E-state index < -0.39 is 0 Å². The van der Waals surface area contributed by atoms with E-state index >= 15 is 0 Å². The molecule has 0 heterocycles. The van der Waals surface area contributed by atoms with Crippen LogP contribution in [0.25, 0.3) is 0 Å². The van der Waals surface area contributed by atoms with Crippen LogP contribution >= 0.6 is 11.6 Å². The van der Waals surface area contributed by atoms with Crippen molar-refractivity contribution in [3.8, 4) is 5.75 Å². The molecule has 20 heavy (non-hydrogen) atoms. The van der Waals surface area contributed by atoms with Gasteiger partial charge < -0.3 is 4.74 Å². The summed E-state index contributed by atoms with van der Waals surface area (Å²) >= 11 is 5.99. The van der Waals surface area contributed by atoms with Crippen LogP contribution in [0, 0.1) is 12.7 Å². The third-order valence-corrected chi connectivity index (χ3v) is 3.15. The maximum absolute atomic E-state index is 12.8. The third kappa shape index (κ3) is 3.81. The summed E-state index contributed by atoms with van der Waals surface area (Å²) in [6.45, 7) is 2.17. The van der Waals surface area contributed by atoms with Gasteiger partial charge in [-0.3, -0.25) is 4.79 Å². The molecule has 4 heteroatoms. The molecule has 0 saturated heterocycles. The van der Waals surface area contributed by atoms with E-state index in [1.165, 1.54) is 24.3 Å². The van der Waals surface area contributed by atoms with Crippen molar-refractivity contribution in [1.29, 1.82) is 0 Å². The van der Waals surface area contributed by atoms with Gasteiger partial charge in [-0.1, -0.05) is 17.7 Å². The summed E-state index contributed by atoms with van der Waals surface area (Å²) in [7, 11) is 0. The van der Waals surface area contributed by atoms with Crippen molar-refractivity contribution in [3.05, 3.63) is 64.4 Å². The predicted octanol–water partition coefficient (Wildman–Crippen LogP) is 4.44. The maximum atomic E-state index is 12.8. The van der Waals surface area contributed by atoms with Crippen molar-refractivity contribution in [1.82, 2.24) is 0 Å². The molecule has 2 nitrogen and oxygen atoms in total. The molecule has 104 valence electrons. The number of halogens is 2. The summed E-state index contributed by atoms with van der Waals surface area (Å²) < 4.78 is 18.3. The second kappa shape index (κ2) is 6.53. The zero-order valence-corrected chi connectivity index (χ0v) is 11.8. The largest absolute Gasteiger partial charge is 0.492 e. The van der Waals surface area contributed by atoms with Gasteiger partial charge in [-0.05, 0) is 48.9 Å². The van der Waals surface area contributed by atoms with Crippen molar-refractivity contribution >= 4 is 17.4 Å². The Morgan fingerprint density at radius 2 is 1.90 bits per heavy atom. The molecule has 0 spiro atoms. The first kappa shape index (κ1) is 14.5. The van der Waals surface area contributed by atoms with E-state index in [2.05, 4.69) is 0 Å².